The minimum Gasteiger partial charge on any atom is -0.344 e. The van der Waals surface area contributed by atoms with E-state index in [-0.39, 0.29) is 17.9 Å². The van der Waals surface area contributed by atoms with Gasteiger partial charge in [-0.15, -0.1) is 6.42 Å². The molecule has 0 rings (SSSR count). The SMILES string of the molecule is C#CCNC(=O)[C@H](N)C(C)(C)C. The van der Waals surface area contributed by atoms with Gasteiger partial charge in [0.1, 0.15) is 0 Å². The van der Waals surface area contributed by atoms with Crippen molar-refractivity contribution in [1.82, 2.24) is 5.32 Å². The standard InChI is InChI=1S/C9H16N2O/c1-5-6-11-8(12)7(10)9(2,3)4/h1,7H,6,10H2,2-4H3,(H,11,12)/t7-/m0/s1. The Morgan fingerprint density at radius 1 is 1.67 bits per heavy atom. The average Bonchev–Trinajstić information content (AvgIpc) is 1.97. The summed E-state index contributed by atoms with van der Waals surface area (Å²) in [6.45, 7) is 5.97. The number of carbonyl (C=O) groups excluding carboxylic acids is 1. The van der Waals surface area contributed by atoms with Gasteiger partial charge in [0.15, 0.2) is 0 Å². The van der Waals surface area contributed by atoms with Crippen molar-refractivity contribution in [3.63, 3.8) is 0 Å². The van der Waals surface area contributed by atoms with E-state index in [1.807, 2.05) is 20.8 Å². The number of nitrogens with two attached hydrogens (primary N) is 1. The molecule has 12 heavy (non-hydrogen) atoms. The zero-order valence-corrected chi connectivity index (χ0v) is 7.85. The first kappa shape index (κ1) is 11.0. The monoisotopic (exact) mass is 168 g/mol. The molecule has 0 aliphatic heterocycles. The van der Waals surface area contributed by atoms with Crippen molar-refractivity contribution < 1.29 is 4.79 Å². The van der Waals surface area contributed by atoms with E-state index in [9.17, 15) is 4.79 Å². The molecule has 1 atom stereocenters. The first-order chi connectivity index (χ1) is 5.39. The normalized spacial score (nSPS) is 13.2. The summed E-state index contributed by atoms with van der Waals surface area (Å²) in [6.07, 6.45) is 4.98. The van der Waals surface area contributed by atoms with Gasteiger partial charge in [0.05, 0.1) is 12.6 Å². The summed E-state index contributed by atoms with van der Waals surface area (Å²) >= 11 is 0. The second-order valence-electron chi connectivity index (χ2n) is 3.77. The molecule has 68 valence electrons. The first-order valence-electron chi connectivity index (χ1n) is 3.86. The van der Waals surface area contributed by atoms with Gasteiger partial charge in [-0.1, -0.05) is 26.7 Å². The number of terminal acetylenes is 1. The second-order valence-corrected chi connectivity index (χ2v) is 3.77. The van der Waals surface area contributed by atoms with Crippen molar-refractivity contribution in [2.24, 2.45) is 11.1 Å². The van der Waals surface area contributed by atoms with Crippen LogP contribution in [0.3, 0.4) is 0 Å². The molecule has 3 N–H and O–H groups in total. The molecule has 0 saturated heterocycles. The topological polar surface area (TPSA) is 55.1 Å². The average molecular weight is 168 g/mol. The lowest BCUT2D eigenvalue weighted by molar-refractivity contribution is -0.124. The van der Waals surface area contributed by atoms with Gasteiger partial charge >= 0.3 is 0 Å². The molecule has 0 saturated carbocycles. The van der Waals surface area contributed by atoms with E-state index in [0.29, 0.717) is 0 Å². The van der Waals surface area contributed by atoms with Gasteiger partial charge in [-0.3, -0.25) is 4.79 Å². The molecule has 0 aliphatic rings. The van der Waals surface area contributed by atoms with Gasteiger partial charge < -0.3 is 11.1 Å². The van der Waals surface area contributed by atoms with Gasteiger partial charge in [-0.05, 0) is 5.41 Å². The van der Waals surface area contributed by atoms with E-state index in [1.165, 1.54) is 0 Å². The van der Waals surface area contributed by atoms with Gasteiger partial charge in [-0.25, -0.2) is 0 Å². The van der Waals surface area contributed by atoms with Crippen LogP contribution >= 0.6 is 0 Å². The summed E-state index contributed by atoms with van der Waals surface area (Å²) in [4.78, 5) is 11.2. The Hall–Kier alpha value is -1.01. The molecule has 0 radical (unpaired) electrons. The summed E-state index contributed by atoms with van der Waals surface area (Å²) in [5.74, 6) is 2.12. The van der Waals surface area contributed by atoms with Gasteiger partial charge in [-0.2, -0.15) is 0 Å². The quantitative estimate of drug-likeness (QED) is 0.575. The highest BCUT2D eigenvalue weighted by Gasteiger charge is 2.26. The molecule has 0 aromatic heterocycles. The molecular formula is C9H16N2O. The van der Waals surface area contributed by atoms with Crippen LogP contribution in [0.5, 0.6) is 0 Å². The van der Waals surface area contributed by atoms with Crippen LogP contribution in [0.4, 0.5) is 0 Å². The summed E-state index contributed by atoms with van der Waals surface area (Å²) in [7, 11) is 0. The lowest BCUT2D eigenvalue weighted by Gasteiger charge is -2.25. The summed E-state index contributed by atoms with van der Waals surface area (Å²) < 4.78 is 0. The molecule has 3 nitrogen and oxygen atoms in total. The Bertz CT molecular complexity index is 198. The zero-order valence-electron chi connectivity index (χ0n) is 7.85. The summed E-state index contributed by atoms with van der Waals surface area (Å²) in [5.41, 5.74) is 5.43. The molecule has 1 amide bonds. The lowest BCUT2D eigenvalue weighted by atomic mass is 9.87. The van der Waals surface area contributed by atoms with E-state index in [4.69, 9.17) is 12.2 Å². The zero-order chi connectivity index (χ0) is 9.78. The van der Waals surface area contributed by atoms with Crippen molar-refractivity contribution >= 4 is 5.91 Å². The molecule has 0 heterocycles. The highest BCUT2D eigenvalue weighted by molar-refractivity contribution is 5.82. The summed E-state index contributed by atoms with van der Waals surface area (Å²) in [5, 5.41) is 2.54. The Balaban J connectivity index is 4.04. The fourth-order valence-electron chi connectivity index (χ4n) is 0.641. The number of nitrogens with one attached hydrogen (secondary N) is 1. The van der Waals surface area contributed by atoms with Crippen LogP contribution in [-0.4, -0.2) is 18.5 Å². The highest BCUT2D eigenvalue weighted by atomic mass is 16.2. The van der Waals surface area contributed by atoms with Crippen LogP contribution in [0.1, 0.15) is 20.8 Å². The van der Waals surface area contributed by atoms with E-state index in [0.717, 1.165) is 0 Å². The van der Waals surface area contributed by atoms with Crippen LogP contribution in [0.25, 0.3) is 0 Å². The molecule has 0 aromatic carbocycles. The molecule has 0 unspecified atom stereocenters. The molecule has 0 aromatic rings. The van der Waals surface area contributed by atoms with Gasteiger partial charge in [0.2, 0.25) is 5.91 Å². The second kappa shape index (κ2) is 4.13. The molecule has 0 fully saturated rings. The van der Waals surface area contributed by atoms with E-state index < -0.39 is 6.04 Å². The van der Waals surface area contributed by atoms with E-state index in [1.54, 1.807) is 0 Å². The molecule has 0 aliphatic carbocycles. The van der Waals surface area contributed by atoms with Crippen molar-refractivity contribution in [1.29, 1.82) is 0 Å². The number of hydrogen-bond donors (Lipinski definition) is 2. The van der Waals surface area contributed by atoms with Crippen molar-refractivity contribution in [2.75, 3.05) is 6.54 Å². The predicted octanol–water partition coefficient (Wildman–Crippen LogP) is 0.109. The van der Waals surface area contributed by atoms with Crippen LogP contribution in [-0.2, 0) is 4.79 Å². The summed E-state index contributed by atoms with van der Waals surface area (Å²) in [6, 6.07) is -0.508. The fraction of sp³-hybridized carbons (Fsp3) is 0.667. The molecular weight excluding hydrogens is 152 g/mol. The number of rotatable bonds is 2. The van der Waals surface area contributed by atoms with E-state index in [2.05, 4.69) is 11.2 Å². The molecule has 0 bridgehead atoms. The largest absolute Gasteiger partial charge is 0.344 e. The van der Waals surface area contributed by atoms with Gasteiger partial charge in [0, 0.05) is 0 Å². The maximum absolute atomic E-state index is 11.2. The third kappa shape index (κ3) is 3.40. The Morgan fingerprint density at radius 2 is 2.17 bits per heavy atom. The number of hydrogen-bond acceptors (Lipinski definition) is 2. The lowest BCUT2D eigenvalue weighted by Crippen LogP contribution is -2.48. The van der Waals surface area contributed by atoms with E-state index >= 15 is 0 Å². The Labute approximate surface area is 73.7 Å². The third-order valence-electron chi connectivity index (χ3n) is 1.58. The van der Waals surface area contributed by atoms with Crippen LogP contribution in [0, 0.1) is 17.8 Å². The minimum atomic E-state index is -0.508. The maximum atomic E-state index is 11.2. The molecule has 3 heteroatoms. The van der Waals surface area contributed by atoms with Crippen molar-refractivity contribution in [3.05, 3.63) is 0 Å². The minimum absolute atomic E-state index is 0.194. The number of amides is 1. The van der Waals surface area contributed by atoms with Crippen LogP contribution < -0.4 is 11.1 Å². The smallest absolute Gasteiger partial charge is 0.238 e. The van der Waals surface area contributed by atoms with Gasteiger partial charge in [0.25, 0.3) is 0 Å². The van der Waals surface area contributed by atoms with Crippen molar-refractivity contribution in [3.8, 4) is 12.3 Å². The third-order valence-corrected chi connectivity index (χ3v) is 1.58. The number of carbonyl (C=O) groups is 1. The van der Waals surface area contributed by atoms with Crippen LogP contribution in [0.15, 0.2) is 0 Å². The highest BCUT2D eigenvalue weighted by Crippen LogP contribution is 2.16. The van der Waals surface area contributed by atoms with Crippen LogP contribution in [0.2, 0.25) is 0 Å². The predicted molar refractivity (Wildman–Crippen MR) is 49.3 cm³/mol. The Morgan fingerprint density at radius 3 is 2.50 bits per heavy atom. The fourth-order valence-corrected chi connectivity index (χ4v) is 0.641. The Kier molecular flexibility index (Phi) is 3.78. The maximum Gasteiger partial charge on any atom is 0.238 e. The van der Waals surface area contributed by atoms with Crippen molar-refractivity contribution in [2.45, 2.75) is 26.8 Å². The molecule has 0 spiro atoms. The first-order valence-corrected chi connectivity index (χ1v) is 3.86.